The molecule has 37 heavy (non-hydrogen) atoms. The van der Waals surface area contributed by atoms with Crippen LogP contribution in [0, 0.1) is 17.8 Å². The molecule has 8 nitrogen and oxygen atoms in total. The molecule has 2 aromatic rings. The number of para-hydroxylation sites is 1. The Morgan fingerprint density at radius 3 is 2.51 bits per heavy atom. The number of ether oxygens (including phenoxy) is 1. The number of amides is 1. The minimum atomic E-state index is -0.885. The maximum Gasteiger partial charge on any atom is 0.441 e. The highest BCUT2D eigenvalue weighted by Crippen LogP contribution is 2.36. The SMILES string of the molecule is CC(C)[C@@H]1CC[C@@H](C)C[C@H]1OC(=O)C(=[N+]=[N-])C(=O)CCN1c2ccccc2C(=O)NC1c1ccccc1. The van der Waals surface area contributed by atoms with Gasteiger partial charge in [0.25, 0.3) is 11.7 Å². The minimum Gasteiger partial charge on any atom is -0.453 e. The number of anilines is 1. The summed E-state index contributed by atoms with van der Waals surface area (Å²) in [6.07, 6.45) is 1.85. The van der Waals surface area contributed by atoms with E-state index in [0.29, 0.717) is 23.1 Å². The van der Waals surface area contributed by atoms with Gasteiger partial charge in [-0.3, -0.25) is 9.59 Å². The van der Waals surface area contributed by atoms with E-state index in [1.807, 2.05) is 47.4 Å². The highest BCUT2D eigenvalue weighted by atomic mass is 16.5. The summed E-state index contributed by atoms with van der Waals surface area (Å²) in [6, 6.07) is 16.7. The number of hydrogen-bond donors (Lipinski definition) is 1. The van der Waals surface area contributed by atoms with E-state index in [1.54, 1.807) is 12.1 Å². The summed E-state index contributed by atoms with van der Waals surface area (Å²) < 4.78 is 5.74. The van der Waals surface area contributed by atoms with E-state index in [1.165, 1.54) is 0 Å². The molecule has 2 aliphatic rings. The maximum absolute atomic E-state index is 13.1. The number of benzene rings is 2. The van der Waals surface area contributed by atoms with Crippen LogP contribution in [0.4, 0.5) is 5.69 Å². The van der Waals surface area contributed by atoms with Crippen molar-refractivity contribution in [1.29, 1.82) is 0 Å². The first-order valence-corrected chi connectivity index (χ1v) is 13.0. The molecule has 2 aromatic carbocycles. The van der Waals surface area contributed by atoms with Gasteiger partial charge in [-0.25, -0.2) is 4.79 Å². The lowest BCUT2D eigenvalue weighted by Gasteiger charge is -2.39. The molecule has 1 fully saturated rings. The van der Waals surface area contributed by atoms with Gasteiger partial charge in [0.15, 0.2) is 0 Å². The Bertz CT molecular complexity index is 1210. The summed E-state index contributed by atoms with van der Waals surface area (Å²) in [6.45, 7) is 6.52. The largest absolute Gasteiger partial charge is 0.453 e. The fourth-order valence-corrected chi connectivity index (χ4v) is 5.48. The molecule has 4 rings (SSSR count). The molecule has 8 heteroatoms. The van der Waals surface area contributed by atoms with Crippen LogP contribution in [0.2, 0.25) is 0 Å². The van der Waals surface area contributed by atoms with Gasteiger partial charge in [-0.2, -0.15) is 4.79 Å². The monoisotopic (exact) mass is 502 g/mol. The lowest BCUT2D eigenvalue weighted by molar-refractivity contribution is -0.153. The molecule has 194 valence electrons. The van der Waals surface area contributed by atoms with Crippen molar-refractivity contribution in [2.75, 3.05) is 11.4 Å². The fourth-order valence-electron chi connectivity index (χ4n) is 5.48. The van der Waals surface area contributed by atoms with Crippen molar-refractivity contribution in [3.8, 4) is 0 Å². The second kappa shape index (κ2) is 11.5. The molecule has 1 aliphatic carbocycles. The summed E-state index contributed by atoms with van der Waals surface area (Å²) in [5.74, 6) is -0.741. The van der Waals surface area contributed by atoms with Gasteiger partial charge in [-0.15, -0.1) is 0 Å². The van der Waals surface area contributed by atoms with Crippen molar-refractivity contribution in [2.24, 2.45) is 17.8 Å². The van der Waals surface area contributed by atoms with Crippen LogP contribution in [0.3, 0.4) is 0 Å². The van der Waals surface area contributed by atoms with Gasteiger partial charge in [0.2, 0.25) is 0 Å². The quantitative estimate of drug-likeness (QED) is 0.187. The topological polar surface area (TPSA) is 112 Å². The number of carbonyl (C=O) groups is 3. The summed E-state index contributed by atoms with van der Waals surface area (Å²) >= 11 is 0. The third-order valence-corrected chi connectivity index (χ3v) is 7.51. The van der Waals surface area contributed by atoms with Crippen LogP contribution in [-0.2, 0) is 14.3 Å². The number of rotatable bonds is 8. The molecule has 1 saturated carbocycles. The molecule has 1 N–H and O–H groups in total. The lowest BCUT2D eigenvalue weighted by atomic mass is 9.75. The van der Waals surface area contributed by atoms with Crippen molar-refractivity contribution in [3.05, 3.63) is 71.3 Å². The van der Waals surface area contributed by atoms with E-state index in [4.69, 9.17) is 4.74 Å². The third kappa shape index (κ3) is 5.81. The summed E-state index contributed by atoms with van der Waals surface area (Å²) in [4.78, 5) is 43.8. The molecule has 1 heterocycles. The standard InChI is InChI=1S/C29H34N4O4/c1-18(2)21-14-13-19(3)17-25(21)37-29(36)26(32-30)24(34)15-16-33-23-12-8-7-11-22(23)28(35)31-27(33)20-9-5-4-6-10-20/h4-12,18-19,21,25,27H,13-17H2,1-3H3,(H,31,35)/t19-,21+,25-,27?/m1/s1. The number of carbonyl (C=O) groups excluding carboxylic acids is 3. The minimum absolute atomic E-state index is 0.100. The Balaban J connectivity index is 1.50. The average molecular weight is 503 g/mol. The fraction of sp³-hybridized carbons (Fsp3) is 0.448. The predicted molar refractivity (Wildman–Crippen MR) is 140 cm³/mol. The van der Waals surface area contributed by atoms with Gasteiger partial charge in [0, 0.05) is 13.0 Å². The highest BCUT2D eigenvalue weighted by Gasteiger charge is 2.39. The Kier molecular flexibility index (Phi) is 8.19. The Hall–Kier alpha value is -3.77. The number of fused-ring (bicyclic) bond motifs is 1. The number of ketones is 1. The molecular formula is C29H34N4O4. The van der Waals surface area contributed by atoms with Crippen LogP contribution >= 0.6 is 0 Å². The number of nitrogens with one attached hydrogen (secondary N) is 1. The normalized spacial score (nSPS) is 23.0. The summed E-state index contributed by atoms with van der Waals surface area (Å²) in [5, 5.41) is 3.01. The van der Waals surface area contributed by atoms with E-state index >= 15 is 0 Å². The molecule has 0 aromatic heterocycles. The number of Topliss-reactive ketones (excluding diaryl/α,β-unsaturated/α-hetero) is 1. The van der Waals surface area contributed by atoms with E-state index in [2.05, 4.69) is 30.9 Å². The van der Waals surface area contributed by atoms with Gasteiger partial charge in [-0.05, 0) is 48.3 Å². The number of esters is 1. The predicted octanol–water partition coefficient (Wildman–Crippen LogP) is 4.57. The van der Waals surface area contributed by atoms with Crippen LogP contribution in [-0.4, -0.2) is 40.8 Å². The molecule has 0 bridgehead atoms. The third-order valence-electron chi connectivity index (χ3n) is 7.51. The summed E-state index contributed by atoms with van der Waals surface area (Å²) in [5.41, 5.74) is 11.0. The second-order valence-electron chi connectivity index (χ2n) is 10.4. The molecule has 1 aliphatic heterocycles. The van der Waals surface area contributed by atoms with Crippen molar-refractivity contribution >= 4 is 29.1 Å². The zero-order valence-corrected chi connectivity index (χ0v) is 21.6. The Labute approximate surface area is 217 Å². The first kappa shape index (κ1) is 26.3. The van der Waals surface area contributed by atoms with Crippen molar-refractivity contribution in [2.45, 2.75) is 58.7 Å². The molecule has 4 atom stereocenters. The zero-order valence-electron chi connectivity index (χ0n) is 21.6. The van der Waals surface area contributed by atoms with Crippen molar-refractivity contribution in [1.82, 2.24) is 5.32 Å². The number of hydrogen-bond acceptors (Lipinski definition) is 5. The molecule has 1 amide bonds. The van der Waals surface area contributed by atoms with Gasteiger partial charge in [0.1, 0.15) is 12.3 Å². The maximum atomic E-state index is 13.1. The molecule has 0 radical (unpaired) electrons. The van der Waals surface area contributed by atoms with Crippen molar-refractivity contribution < 1.29 is 23.9 Å². The van der Waals surface area contributed by atoms with Crippen LogP contribution < -0.4 is 10.2 Å². The highest BCUT2D eigenvalue weighted by molar-refractivity contribution is 6.62. The van der Waals surface area contributed by atoms with E-state index in [0.717, 1.165) is 24.8 Å². The first-order chi connectivity index (χ1) is 17.8. The number of nitrogens with zero attached hydrogens (tertiary/aromatic N) is 3. The van der Waals surface area contributed by atoms with Crippen LogP contribution in [0.1, 0.15) is 68.5 Å². The zero-order chi connectivity index (χ0) is 26.5. The van der Waals surface area contributed by atoms with Crippen LogP contribution in [0.5, 0.6) is 0 Å². The van der Waals surface area contributed by atoms with E-state index in [9.17, 15) is 19.9 Å². The van der Waals surface area contributed by atoms with Crippen LogP contribution in [0.25, 0.3) is 5.53 Å². The molecule has 1 unspecified atom stereocenters. The average Bonchev–Trinajstić information content (AvgIpc) is 2.89. The smallest absolute Gasteiger partial charge is 0.441 e. The molecule has 0 saturated heterocycles. The Morgan fingerprint density at radius 1 is 1.11 bits per heavy atom. The Morgan fingerprint density at radius 2 is 1.81 bits per heavy atom. The first-order valence-electron chi connectivity index (χ1n) is 13.0. The van der Waals surface area contributed by atoms with Crippen molar-refractivity contribution in [3.63, 3.8) is 0 Å². The van der Waals surface area contributed by atoms with Gasteiger partial charge in [-0.1, -0.05) is 69.7 Å². The lowest BCUT2D eigenvalue weighted by Crippen LogP contribution is -2.47. The van der Waals surface area contributed by atoms with Gasteiger partial charge in [0.05, 0.1) is 11.3 Å². The van der Waals surface area contributed by atoms with Crippen LogP contribution in [0.15, 0.2) is 54.6 Å². The molecule has 0 spiro atoms. The van der Waals surface area contributed by atoms with E-state index in [-0.39, 0.29) is 30.9 Å². The summed E-state index contributed by atoms with van der Waals surface area (Å²) in [7, 11) is 0. The van der Waals surface area contributed by atoms with Gasteiger partial charge < -0.3 is 20.5 Å². The van der Waals surface area contributed by atoms with Gasteiger partial charge >= 0.3 is 11.7 Å². The second-order valence-corrected chi connectivity index (χ2v) is 10.4. The molecular weight excluding hydrogens is 468 g/mol. The van der Waals surface area contributed by atoms with E-state index < -0.39 is 23.6 Å².